The third-order valence-corrected chi connectivity index (χ3v) is 2.87. The van der Waals surface area contributed by atoms with Crippen LogP contribution in [0.5, 0.6) is 0 Å². The van der Waals surface area contributed by atoms with Crippen LogP contribution in [0.3, 0.4) is 0 Å². The highest BCUT2D eigenvalue weighted by molar-refractivity contribution is 9.10. The summed E-state index contributed by atoms with van der Waals surface area (Å²) in [7, 11) is 0. The molecule has 66 valence electrons. The summed E-state index contributed by atoms with van der Waals surface area (Å²) in [4.78, 5) is 4.25. The fourth-order valence-corrected chi connectivity index (χ4v) is 1.72. The predicted octanol–water partition coefficient (Wildman–Crippen LogP) is 2.89. The molecule has 1 aromatic heterocycles. The first-order valence-corrected chi connectivity index (χ1v) is 4.78. The summed E-state index contributed by atoms with van der Waals surface area (Å²) in [6, 6.07) is 6.12. The number of hydrogen-bond acceptors (Lipinski definition) is 2. The number of anilines is 1. The van der Waals surface area contributed by atoms with Gasteiger partial charge in [0.2, 0.25) is 0 Å². The van der Waals surface area contributed by atoms with Crippen molar-refractivity contribution in [1.82, 2.24) is 4.98 Å². The molecule has 0 spiro atoms. The Balaban J connectivity index is 2.87. The van der Waals surface area contributed by atoms with Crippen LogP contribution in [0.25, 0.3) is 10.9 Å². The number of fused-ring (bicyclic) bond motifs is 1. The van der Waals surface area contributed by atoms with Gasteiger partial charge in [-0.05, 0) is 34.5 Å². The first kappa shape index (κ1) is 8.51. The quantitative estimate of drug-likeness (QED) is 0.765. The van der Waals surface area contributed by atoms with Gasteiger partial charge < -0.3 is 5.73 Å². The Hall–Kier alpha value is -1.09. The van der Waals surface area contributed by atoms with Crippen molar-refractivity contribution in [2.75, 3.05) is 5.73 Å². The number of nitrogens with two attached hydrogens (primary N) is 1. The molecular weight excluding hydrogens is 228 g/mol. The van der Waals surface area contributed by atoms with E-state index in [1.54, 1.807) is 6.20 Å². The molecular formula is C10H9BrN2. The first-order valence-electron chi connectivity index (χ1n) is 3.99. The summed E-state index contributed by atoms with van der Waals surface area (Å²) in [6.07, 6.45) is 1.67. The number of hydrogen-bond donors (Lipinski definition) is 1. The predicted molar refractivity (Wildman–Crippen MR) is 58.6 cm³/mol. The molecule has 1 aromatic carbocycles. The van der Waals surface area contributed by atoms with Crippen LogP contribution in [-0.4, -0.2) is 4.98 Å². The Labute approximate surface area is 84.9 Å². The lowest BCUT2D eigenvalue weighted by molar-refractivity contribution is 1.38. The Morgan fingerprint density at radius 3 is 2.92 bits per heavy atom. The maximum Gasteiger partial charge on any atom is 0.0717 e. The highest BCUT2D eigenvalue weighted by Gasteiger charge is 2.02. The maximum atomic E-state index is 5.71. The molecule has 2 aromatic rings. The van der Waals surface area contributed by atoms with E-state index in [2.05, 4.69) is 20.9 Å². The van der Waals surface area contributed by atoms with Crippen molar-refractivity contribution in [3.8, 4) is 0 Å². The number of rotatable bonds is 0. The number of pyridine rings is 1. The highest BCUT2D eigenvalue weighted by atomic mass is 79.9. The van der Waals surface area contributed by atoms with Crippen molar-refractivity contribution in [3.05, 3.63) is 34.4 Å². The fraction of sp³-hybridized carbons (Fsp3) is 0.100. The van der Waals surface area contributed by atoms with Gasteiger partial charge in [0.05, 0.1) is 21.9 Å². The van der Waals surface area contributed by atoms with Crippen LogP contribution >= 0.6 is 15.9 Å². The molecule has 0 aliphatic rings. The second-order valence-electron chi connectivity index (χ2n) is 3.05. The van der Waals surface area contributed by atoms with Crippen molar-refractivity contribution < 1.29 is 0 Å². The Morgan fingerprint density at radius 1 is 1.38 bits per heavy atom. The van der Waals surface area contributed by atoms with E-state index in [4.69, 9.17) is 5.73 Å². The van der Waals surface area contributed by atoms with Crippen molar-refractivity contribution in [3.63, 3.8) is 0 Å². The molecule has 0 unspecified atom stereocenters. The number of benzene rings is 1. The lowest BCUT2D eigenvalue weighted by atomic mass is 10.1. The topological polar surface area (TPSA) is 38.9 Å². The number of nitrogen functional groups attached to an aromatic ring is 1. The molecule has 2 N–H and O–H groups in total. The normalized spacial score (nSPS) is 10.6. The molecule has 0 aliphatic heterocycles. The van der Waals surface area contributed by atoms with Gasteiger partial charge in [0.1, 0.15) is 0 Å². The molecule has 13 heavy (non-hydrogen) atoms. The van der Waals surface area contributed by atoms with Gasteiger partial charge in [-0.2, -0.15) is 0 Å². The smallest absolute Gasteiger partial charge is 0.0717 e. The minimum Gasteiger partial charge on any atom is -0.397 e. The van der Waals surface area contributed by atoms with E-state index in [1.807, 2.05) is 25.1 Å². The largest absolute Gasteiger partial charge is 0.397 e. The zero-order valence-corrected chi connectivity index (χ0v) is 8.80. The average molecular weight is 237 g/mol. The summed E-state index contributed by atoms with van der Waals surface area (Å²) < 4.78 is 0.928. The van der Waals surface area contributed by atoms with Gasteiger partial charge in [-0.25, -0.2) is 0 Å². The first-order chi connectivity index (χ1) is 6.18. The van der Waals surface area contributed by atoms with Crippen molar-refractivity contribution in [2.45, 2.75) is 6.92 Å². The average Bonchev–Trinajstić information content (AvgIpc) is 2.12. The van der Waals surface area contributed by atoms with Gasteiger partial charge in [-0.15, -0.1) is 0 Å². The van der Waals surface area contributed by atoms with E-state index < -0.39 is 0 Å². The number of aryl methyl sites for hydroxylation is 1. The number of nitrogens with zero attached hydrogens (tertiary/aromatic N) is 1. The molecule has 0 aliphatic carbocycles. The van der Waals surface area contributed by atoms with Gasteiger partial charge in [0.25, 0.3) is 0 Å². The van der Waals surface area contributed by atoms with E-state index >= 15 is 0 Å². The summed E-state index contributed by atoms with van der Waals surface area (Å²) in [5, 5.41) is 1.06. The lowest BCUT2D eigenvalue weighted by Crippen LogP contribution is -1.90. The zero-order chi connectivity index (χ0) is 9.42. The van der Waals surface area contributed by atoms with Crippen LogP contribution in [-0.2, 0) is 0 Å². The van der Waals surface area contributed by atoms with Crippen LogP contribution in [0.1, 0.15) is 5.56 Å². The van der Waals surface area contributed by atoms with E-state index in [0.29, 0.717) is 5.69 Å². The van der Waals surface area contributed by atoms with Gasteiger partial charge in [-0.1, -0.05) is 12.1 Å². The van der Waals surface area contributed by atoms with Crippen LogP contribution < -0.4 is 5.73 Å². The summed E-state index contributed by atoms with van der Waals surface area (Å²) in [5.41, 5.74) is 8.57. The maximum absolute atomic E-state index is 5.71. The molecule has 1 heterocycles. The summed E-state index contributed by atoms with van der Waals surface area (Å²) >= 11 is 3.44. The van der Waals surface area contributed by atoms with Crippen LogP contribution in [0, 0.1) is 6.92 Å². The SMILES string of the molecule is Cc1ccc2c(Br)c(N)cnc2c1. The van der Waals surface area contributed by atoms with Crippen LogP contribution in [0.15, 0.2) is 28.9 Å². The molecule has 0 radical (unpaired) electrons. The monoisotopic (exact) mass is 236 g/mol. The summed E-state index contributed by atoms with van der Waals surface area (Å²) in [6.45, 7) is 2.05. The van der Waals surface area contributed by atoms with Crippen molar-refractivity contribution >= 4 is 32.5 Å². The fourth-order valence-electron chi connectivity index (χ4n) is 1.29. The van der Waals surface area contributed by atoms with Crippen molar-refractivity contribution in [1.29, 1.82) is 0 Å². The number of halogens is 1. The number of aromatic nitrogens is 1. The molecule has 3 heteroatoms. The van der Waals surface area contributed by atoms with Gasteiger partial charge in [0.15, 0.2) is 0 Å². The van der Waals surface area contributed by atoms with Crippen molar-refractivity contribution in [2.24, 2.45) is 0 Å². The van der Waals surface area contributed by atoms with Gasteiger partial charge >= 0.3 is 0 Å². The standard InChI is InChI=1S/C10H9BrN2/c1-6-2-3-7-9(4-6)13-5-8(12)10(7)11/h2-5H,12H2,1H3. The zero-order valence-electron chi connectivity index (χ0n) is 7.21. The molecule has 0 fully saturated rings. The lowest BCUT2D eigenvalue weighted by Gasteiger charge is -2.03. The molecule has 0 saturated carbocycles. The van der Waals surface area contributed by atoms with Gasteiger partial charge in [-0.3, -0.25) is 4.98 Å². The van der Waals surface area contributed by atoms with E-state index in [-0.39, 0.29) is 0 Å². The minimum absolute atomic E-state index is 0.677. The second-order valence-corrected chi connectivity index (χ2v) is 3.84. The van der Waals surface area contributed by atoms with Crippen LogP contribution in [0.2, 0.25) is 0 Å². The third kappa shape index (κ3) is 1.40. The summed E-state index contributed by atoms with van der Waals surface area (Å²) in [5.74, 6) is 0. The van der Waals surface area contributed by atoms with E-state index in [9.17, 15) is 0 Å². The van der Waals surface area contributed by atoms with Crippen LogP contribution in [0.4, 0.5) is 5.69 Å². The molecule has 0 amide bonds. The third-order valence-electron chi connectivity index (χ3n) is 1.99. The van der Waals surface area contributed by atoms with E-state index in [1.165, 1.54) is 5.56 Å². The Bertz CT molecular complexity index is 466. The van der Waals surface area contributed by atoms with E-state index in [0.717, 1.165) is 15.4 Å². The Morgan fingerprint density at radius 2 is 2.15 bits per heavy atom. The molecule has 2 nitrogen and oxygen atoms in total. The highest BCUT2D eigenvalue weighted by Crippen LogP contribution is 2.27. The van der Waals surface area contributed by atoms with Gasteiger partial charge in [0, 0.05) is 5.39 Å². The minimum atomic E-state index is 0.677. The molecule has 0 atom stereocenters. The molecule has 2 rings (SSSR count). The molecule has 0 bridgehead atoms. The molecule has 0 saturated heterocycles. The Kier molecular flexibility index (Phi) is 1.96. The second kappa shape index (κ2) is 3.00.